The van der Waals surface area contributed by atoms with Crippen molar-refractivity contribution < 1.29 is 19.1 Å². The third-order valence-corrected chi connectivity index (χ3v) is 7.11. The molecule has 1 saturated carbocycles. The zero-order chi connectivity index (χ0) is 26.9. The molecule has 1 amide bonds. The number of nitrogens with one attached hydrogen (secondary N) is 2. The van der Waals surface area contributed by atoms with Crippen molar-refractivity contribution in [1.29, 1.82) is 0 Å². The molecular formula is C29H31Cl2N3O4. The average molecular weight is 556 g/mol. The van der Waals surface area contributed by atoms with Crippen molar-refractivity contribution in [3.8, 4) is 5.75 Å². The maximum absolute atomic E-state index is 12.8. The highest BCUT2D eigenvalue weighted by molar-refractivity contribution is 6.39. The molecule has 0 saturated heterocycles. The Morgan fingerprint density at radius 2 is 1.68 bits per heavy atom. The molecule has 1 heterocycles. The zero-order valence-corrected chi connectivity index (χ0v) is 22.7. The number of anilines is 1. The minimum atomic E-state index is -0.914. The number of amides is 1. The predicted molar refractivity (Wildman–Crippen MR) is 149 cm³/mol. The summed E-state index contributed by atoms with van der Waals surface area (Å²) in [7, 11) is 1.27. The molecule has 1 aliphatic carbocycles. The predicted octanol–water partition coefficient (Wildman–Crippen LogP) is 5.88. The van der Waals surface area contributed by atoms with Gasteiger partial charge in [0.05, 0.1) is 29.3 Å². The van der Waals surface area contributed by atoms with Gasteiger partial charge in [0, 0.05) is 24.6 Å². The Morgan fingerprint density at radius 1 is 1.00 bits per heavy atom. The summed E-state index contributed by atoms with van der Waals surface area (Å²) in [5.74, 6) is 0.504. The molecule has 4 rings (SSSR count). The second kappa shape index (κ2) is 13.5. The van der Waals surface area contributed by atoms with E-state index in [0.717, 1.165) is 17.1 Å². The van der Waals surface area contributed by atoms with Crippen molar-refractivity contribution in [2.75, 3.05) is 19.0 Å². The van der Waals surface area contributed by atoms with Gasteiger partial charge in [-0.1, -0.05) is 60.3 Å². The summed E-state index contributed by atoms with van der Waals surface area (Å²) in [5, 5.41) is 6.61. The SMILES string of the molecule is COC(=O)[C@H](Cc1ccc(OCCc2cccc(NC3CCCC3)n2)cc1)NC(=O)c1c(Cl)cccc1Cl. The third-order valence-electron chi connectivity index (χ3n) is 6.48. The summed E-state index contributed by atoms with van der Waals surface area (Å²) in [5.41, 5.74) is 1.91. The molecule has 38 heavy (non-hydrogen) atoms. The van der Waals surface area contributed by atoms with Gasteiger partial charge in [-0.3, -0.25) is 4.79 Å². The number of hydrogen-bond donors (Lipinski definition) is 2. The van der Waals surface area contributed by atoms with Gasteiger partial charge in [-0.15, -0.1) is 0 Å². The van der Waals surface area contributed by atoms with E-state index in [4.69, 9.17) is 37.7 Å². The van der Waals surface area contributed by atoms with Crippen molar-refractivity contribution in [2.24, 2.45) is 0 Å². The van der Waals surface area contributed by atoms with E-state index in [1.807, 2.05) is 42.5 Å². The lowest BCUT2D eigenvalue weighted by Gasteiger charge is -2.18. The van der Waals surface area contributed by atoms with Crippen molar-refractivity contribution in [3.63, 3.8) is 0 Å². The highest BCUT2D eigenvalue weighted by atomic mass is 35.5. The Morgan fingerprint density at radius 3 is 2.37 bits per heavy atom. The molecule has 2 N–H and O–H groups in total. The number of rotatable bonds is 11. The summed E-state index contributed by atoms with van der Waals surface area (Å²) in [6.07, 6.45) is 5.87. The zero-order valence-electron chi connectivity index (χ0n) is 21.2. The van der Waals surface area contributed by atoms with Crippen LogP contribution in [-0.4, -0.2) is 42.7 Å². The fraction of sp³-hybridized carbons (Fsp3) is 0.345. The first kappa shape index (κ1) is 27.7. The van der Waals surface area contributed by atoms with E-state index in [9.17, 15) is 9.59 Å². The molecule has 0 radical (unpaired) electrons. The van der Waals surface area contributed by atoms with Gasteiger partial charge < -0.3 is 20.1 Å². The number of methoxy groups -OCH3 is 1. The van der Waals surface area contributed by atoms with Crippen LogP contribution >= 0.6 is 23.2 Å². The summed E-state index contributed by atoms with van der Waals surface area (Å²) in [4.78, 5) is 29.9. The standard InChI is InChI=1S/C29H31Cl2N3O4/c1-37-29(36)25(34-28(35)27-23(30)9-5-10-24(27)31)18-19-12-14-22(15-13-19)38-17-16-21-8-4-11-26(33-21)32-20-6-2-3-7-20/h4-5,8-15,20,25H,2-3,6-7,16-18H2,1H3,(H,32,33)(H,34,35)/t25-/m0/s1. The van der Waals surface area contributed by atoms with E-state index in [1.165, 1.54) is 32.8 Å². The number of esters is 1. The molecule has 3 aromatic rings. The van der Waals surface area contributed by atoms with Crippen LogP contribution < -0.4 is 15.4 Å². The molecule has 0 unspecified atom stereocenters. The number of carbonyl (C=O) groups is 2. The number of carbonyl (C=O) groups excluding carboxylic acids is 2. The molecule has 1 aromatic heterocycles. The maximum Gasteiger partial charge on any atom is 0.328 e. The van der Waals surface area contributed by atoms with Crippen LogP contribution in [0.2, 0.25) is 10.0 Å². The molecule has 1 aliphatic rings. The minimum absolute atomic E-state index is 0.114. The van der Waals surface area contributed by atoms with Crippen LogP contribution in [0.3, 0.4) is 0 Å². The van der Waals surface area contributed by atoms with E-state index in [-0.39, 0.29) is 22.0 Å². The Hall–Kier alpha value is -3.29. The normalized spacial score (nSPS) is 14.1. The molecule has 9 heteroatoms. The maximum atomic E-state index is 12.8. The summed E-state index contributed by atoms with van der Waals surface area (Å²) in [6, 6.07) is 17.8. The number of nitrogens with zero attached hydrogens (tertiary/aromatic N) is 1. The van der Waals surface area contributed by atoms with Crippen molar-refractivity contribution >= 4 is 40.9 Å². The molecule has 0 spiro atoms. The monoisotopic (exact) mass is 555 g/mol. The Bertz CT molecular complexity index is 1230. The van der Waals surface area contributed by atoms with Crippen LogP contribution in [0, 0.1) is 0 Å². The number of ether oxygens (including phenoxy) is 2. The van der Waals surface area contributed by atoms with E-state index in [1.54, 1.807) is 18.2 Å². The Kier molecular flexibility index (Phi) is 9.85. The summed E-state index contributed by atoms with van der Waals surface area (Å²) < 4.78 is 10.8. The van der Waals surface area contributed by atoms with E-state index in [2.05, 4.69) is 10.6 Å². The smallest absolute Gasteiger partial charge is 0.328 e. The van der Waals surface area contributed by atoms with E-state index >= 15 is 0 Å². The fourth-order valence-corrected chi connectivity index (χ4v) is 5.06. The quantitative estimate of drug-likeness (QED) is 0.287. The van der Waals surface area contributed by atoms with Crippen LogP contribution in [0.1, 0.15) is 47.3 Å². The molecule has 200 valence electrons. The van der Waals surface area contributed by atoms with Gasteiger partial charge in [0.25, 0.3) is 5.91 Å². The largest absolute Gasteiger partial charge is 0.493 e. The summed E-state index contributed by atoms with van der Waals surface area (Å²) in [6.45, 7) is 0.485. The second-order valence-electron chi connectivity index (χ2n) is 9.23. The van der Waals surface area contributed by atoms with Gasteiger partial charge >= 0.3 is 5.97 Å². The van der Waals surface area contributed by atoms with Gasteiger partial charge in [-0.05, 0) is 54.8 Å². The van der Waals surface area contributed by atoms with Crippen LogP contribution in [0.15, 0.2) is 60.7 Å². The molecule has 7 nitrogen and oxygen atoms in total. The first-order valence-corrected chi connectivity index (χ1v) is 13.5. The number of pyridine rings is 1. The fourth-order valence-electron chi connectivity index (χ4n) is 4.49. The minimum Gasteiger partial charge on any atom is -0.493 e. The van der Waals surface area contributed by atoms with Gasteiger partial charge in [0.15, 0.2) is 0 Å². The lowest BCUT2D eigenvalue weighted by atomic mass is 10.0. The molecule has 0 bridgehead atoms. The van der Waals surface area contributed by atoms with Gasteiger partial charge in [0.2, 0.25) is 0 Å². The molecule has 0 aliphatic heterocycles. The number of halogens is 2. The third kappa shape index (κ3) is 7.62. The second-order valence-corrected chi connectivity index (χ2v) is 10.0. The van der Waals surface area contributed by atoms with Gasteiger partial charge in [-0.2, -0.15) is 0 Å². The van der Waals surface area contributed by atoms with Crippen molar-refractivity contribution in [3.05, 3.63) is 87.5 Å². The number of aromatic nitrogens is 1. The van der Waals surface area contributed by atoms with E-state index < -0.39 is 17.9 Å². The van der Waals surface area contributed by atoms with Gasteiger partial charge in [-0.25, -0.2) is 9.78 Å². The Labute approximate surface area is 232 Å². The Balaban J connectivity index is 1.30. The molecule has 1 atom stereocenters. The van der Waals surface area contributed by atoms with E-state index in [0.29, 0.717) is 24.8 Å². The van der Waals surface area contributed by atoms with Gasteiger partial charge in [0.1, 0.15) is 17.6 Å². The average Bonchev–Trinajstić information content (AvgIpc) is 3.42. The van der Waals surface area contributed by atoms with Crippen molar-refractivity contribution in [1.82, 2.24) is 10.3 Å². The van der Waals surface area contributed by atoms with Crippen LogP contribution in [-0.2, 0) is 22.4 Å². The molecular weight excluding hydrogens is 525 g/mol. The van der Waals surface area contributed by atoms with Crippen molar-refractivity contribution in [2.45, 2.75) is 50.6 Å². The lowest BCUT2D eigenvalue weighted by Crippen LogP contribution is -2.43. The highest BCUT2D eigenvalue weighted by Crippen LogP contribution is 2.25. The number of benzene rings is 2. The van der Waals surface area contributed by atoms with Crippen LogP contribution in [0.4, 0.5) is 5.82 Å². The summed E-state index contributed by atoms with van der Waals surface area (Å²) >= 11 is 12.3. The first-order valence-electron chi connectivity index (χ1n) is 12.7. The van der Waals surface area contributed by atoms with Crippen LogP contribution in [0.5, 0.6) is 5.75 Å². The van der Waals surface area contributed by atoms with Crippen LogP contribution in [0.25, 0.3) is 0 Å². The molecule has 2 aromatic carbocycles. The topological polar surface area (TPSA) is 89.6 Å². The number of hydrogen-bond acceptors (Lipinski definition) is 6. The highest BCUT2D eigenvalue weighted by Gasteiger charge is 2.25. The lowest BCUT2D eigenvalue weighted by molar-refractivity contribution is -0.142. The first-order chi connectivity index (χ1) is 18.4. The molecule has 1 fully saturated rings.